The molecule has 0 aliphatic carbocycles. The third-order valence-electron chi connectivity index (χ3n) is 5.05. The summed E-state index contributed by atoms with van der Waals surface area (Å²) in [5.74, 6) is 0.778. The second kappa shape index (κ2) is 7.37. The number of fused-ring (bicyclic) bond motifs is 1. The molecule has 0 saturated heterocycles. The number of hydrogen-bond donors (Lipinski definition) is 0. The van der Waals surface area contributed by atoms with E-state index in [0.29, 0.717) is 11.5 Å². The molecule has 1 unspecified atom stereocenters. The summed E-state index contributed by atoms with van der Waals surface area (Å²) < 4.78 is 5.46. The minimum Gasteiger partial charge on any atom is -0.356 e. The number of amides is 1. The van der Waals surface area contributed by atoms with Crippen LogP contribution in [-0.2, 0) is 17.6 Å². The molecule has 28 heavy (non-hydrogen) atoms. The van der Waals surface area contributed by atoms with Crippen LogP contribution in [0.2, 0.25) is 0 Å². The predicted octanol–water partition coefficient (Wildman–Crippen LogP) is 5.18. The number of benzene rings is 1. The molecule has 1 amide bonds. The van der Waals surface area contributed by atoms with Crippen LogP contribution in [0.4, 0.5) is 0 Å². The maximum absolute atomic E-state index is 13.2. The molecule has 1 aromatic carbocycles. The molecule has 0 spiro atoms. The average molecular weight is 407 g/mol. The highest BCUT2D eigenvalue weighted by Crippen LogP contribution is 2.39. The first-order valence-electron chi connectivity index (χ1n) is 9.20. The molecule has 1 aliphatic heterocycles. The van der Waals surface area contributed by atoms with Gasteiger partial charge in [0.1, 0.15) is 0 Å². The van der Waals surface area contributed by atoms with Crippen LogP contribution in [-0.4, -0.2) is 22.5 Å². The van der Waals surface area contributed by atoms with Gasteiger partial charge in [-0.25, -0.2) is 0 Å². The van der Waals surface area contributed by atoms with Gasteiger partial charge in [-0.05, 0) is 34.9 Å². The lowest BCUT2D eigenvalue weighted by Gasteiger charge is -2.35. The Hall–Kier alpha value is -2.70. The van der Waals surface area contributed by atoms with Crippen molar-refractivity contribution >= 4 is 28.6 Å². The summed E-state index contributed by atoms with van der Waals surface area (Å²) in [5, 5.41) is 8.33. The lowest BCUT2D eigenvalue weighted by atomic mass is 9.98. The highest BCUT2D eigenvalue weighted by Gasteiger charge is 2.33. The molecule has 4 heterocycles. The second-order valence-corrected chi connectivity index (χ2v) is 8.76. The molecule has 5 rings (SSSR count). The van der Waals surface area contributed by atoms with Crippen molar-refractivity contribution in [2.45, 2.75) is 18.9 Å². The number of carbonyl (C=O) groups excluding carboxylic acids is 1. The first kappa shape index (κ1) is 17.4. The minimum atomic E-state index is 0.00277. The Morgan fingerprint density at radius 1 is 1.11 bits per heavy atom. The monoisotopic (exact) mass is 406 g/mol. The van der Waals surface area contributed by atoms with E-state index in [4.69, 9.17) is 4.52 Å². The highest BCUT2D eigenvalue weighted by atomic mass is 32.1. The molecule has 0 saturated carbocycles. The average Bonchev–Trinajstić information content (AvgIpc) is 3.49. The van der Waals surface area contributed by atoms with Crippen molar-refractivity contribution in [3.05, 3.63) is 86.4 Å². The number of aromatic nitrogens is 1. The maximum atomic E-state index is 13.2. The fourth-order valence-electron chi connectivity index (χ4n) is 3.73. The van der Waals surface area contributed by atoms with Crippen LogP contribution in [0.25, 0.3) is 11.3 Å². The van der Waals surface area contributed by atoms with Crippen LogP contribution in [0, 0.1) is 0 Å². The van der Waals surface area contributed by atoms with Gasteiger partial charge in [0.15, 0.2) is 5.76 Å². The lowest BCUT2D eigenvalue weighted by molar-refractivity contribution is -0.132. The van der Waals surface area contributed by atoms with Gasteiger partial charge in [0.05, 0.1) is 18.2 Å². The van der Waals surface area contributed by atoms with Gasteiger partial charge in [-0.2, -0.15) is 0 Å². The van der Waals surface area contributed by atoms with Crippen molar-refractivity contribution < 1.29 is 9.32 Å². The summed E-state index contributed by atoms with van der Waals surface area (Å²) >= 11 is 3.49. The summed E-state index contributed by atoms with van der Waals surface area (Å²) in [7, 11) is 0. The first-order chi connectivity index (χ1) is 13.8. The van der Waals surface area contributed by atoms with Gasteiger partial charge in [-0.3, -0.25) is 4.79 Å². The zero-order valence-electron chi connectivity index (χ0n) is 15.1. The van der Waals surface area contributed by atoms with E-state index in [9.17, 15) is 4.79 Å². The molecule has 0 N–H and O–H groups in total. The van der Waals surface area contributed by atoms with Gasteiger partial charge in [0.25, 0.3) is 0 Å². The van der Waals surface area contributed by atoms with Crippen molar-refractivity contribution in [2.24, 2.45) is 0 Å². The number of nitrogens with zero attached hydrogens (tertiary/aromatic N) is 2. The topological polar surface area (TPSA) is 46.3 Å². The maximum Gasteiger partial charge on any atom is 0.229 e. The van der Waals surface area contributed by atoms with E-state index in [1.165, 1.54) is 15.3 Å². The Morgan fingerprint density at radius 3 is 2.82 bits per heavy atom. The van der Waals surface area contributed by atoms with Crippen molar-refractivity contribution in [3.63, 3.8) is 0 Å². The van der Waals surface area contributed by atoms with Crippen molar-refractivity contribution in [1.82, 2.24) is 10.1 Å². The Balaban J connectivity index is 1.40. The summed E-state index contributed by atoms with van der Waals surface area (Å²) in [6.07, 6.45) is 1.16. The van der Waals surface area contributed by atoms with Gasteiger partial charge in [-0.1, -0.05) is 41.6 Å². The van der Waals surface area contributed by atoms with E-state index in [1.807, 2.05) is 47.4 Å². The number of rotatable bonds is 4. The zero-order chi connectivity index (χ0) is 18.9. The molecular weight excluding hydrogens is 388 g/mol. The van der Waals surface area contributed by atoms with Crippen molar-refractivity contribution in [1.29, 1.82) is 0 Å². The predicted molar refractivity (Wildman–Crippen MR) is 112 cm³/mol. The van der Waals surface area contributed by atoms with Crippen LogP contribution in [0.1, 0.15) is 27.1 Å². The Labute approximate surface area is 171 Å². The minimum absolute atomic E-state index is 0.00277. The fraction of sp³-hybridized carbons (Fsp3) is 0.182. The number of thiophene rings is 2. The molecular formula is C22H18N2O2S2. The Morgan fingerprint density at radius 2 is 2.00 bits per heavy atom. The number of hydrogen-bond acceptors (Lipinski definition) is 5. The normalized spacial score (nSPS) is 16.1. The standard InChI is InChI=1S/C22H18N2O2S2/c25-21(14-16-13-18(26-23-16)15-5-2-1-3-6-15)24-10-8-19-17(9-12-28-19)22(24)20-7-4-11-27-20/h1-7,9,11-13,22H,8,10,14H2. The van der Waals surface area contributed by atoms with Gasteiger partial charge >= 0.3 is 0 Å². The van der Waals surface area contributed by atoms with E-state index in [1.54, 1.807) is 22.7 Å². The van der Waals surface area contributed by atoms with Crippen molar-refractivity contribution in [2.75, 3.05) is 6.54 Å². The Kier molecular flexibility index (Phi) is 4.58. The van der Waals surface area contributed by atoms with Crippen LogP contribution in [0.15, 0.2) is 69.9 Å². The van der Waals surface area contributed by atoms with Crippen LogP contribution in [0.5, 0.6) is 0 Å². The van der Waals surface area contributed by atoms with Crippen LogP contribution < -0.4 is 0 Å². The Bertz CT molecular complexity index is 1080. The fourth-order valence-corrected chi connectivity index (χ4v) is 5.49. The molecule has 1 aliphatic rings. The molecule has 140 valence electrons. The second-order valence-electron chi connectivity index (χ2n) is 6.78. The van der Waals surface area contributed by atoms with E-state index >= 15 is 0 Å². The molecule has 6 heteroatoms. The summed E-state index contributed by atoms with van der Waals surface area (Å²) in [4.78, 5) is 17.8. The quantitative estimate of drug-likeness (QED) is 0.469. The summed E-state index contributed by atoms with van der Waals surface area (Å²) in [6.45, 7) is 0.734. The van der Waals surface area contributed by atoms with Gasteiger partial charge in [0, 0.05) is 27.9 Å². The lowest BCUT2D eigenvalue weighted by Crippen LogP contribution is -2.40. The smallest absolute Gasteiger partial charge is 0.229 e. The van der Waals surface area contributed by atoms with E-state index in [0.717, 1.165) is 18.5 Å². The molecule has 0 radical (unpaired) electrons. The molecule has 3 aromatic heterocycles. The molecule has 4 aromatic rings. The van der Waals surface area contributed by atoms with E-state index in [2.05, 4.69) is 28.0 Å². The van der Waals surface area contributed by atoms with Gasteiger partial charge in [-0.15, -0.1) is 22.7 Å². The largest absolute Gasteiger partial charge is 0.356 e. The van der Waals surface area contributed by atoms with Crippen molar-refractivity contribution in [3.8, 4) is 11.3 Å². The summed E-state index contributed by atoms with van der Waals surface area (Å²) in [5.41, 5.74) is 2.90. The van der Waals surface area contributed by atoms with E-state index < -0.39 is 0 Å². The third-order valence-corrected chi connectivity index (χ3v) is 6.97. The molecule has 0 fully saturated rings. The SMILES string of the molecule is O=C(Cc1cc(-c2ccccc2)on1)N1CCc2sccc2C1c1cccs1. The van der Waals surface area contributed by atoms with Gasteiger partial charge < -0.3 is 9.42 Å². The highest BCUT2D eigenvalue weighted by molar-refractivity contribution is 7.10. The van der Waals surface area contributed by atoms with E-state index in [-0.39, 0.29) is 18.4 Å². The molecule has 4 nitrogen and oxygen atoms in total. The molecule has 1 atom stereocenters. The van der Waals surface area contributed by atoms with Crippen LogP contribution >= 0.6 is 22.7 Å². The molecule has 0 bridgehead atoms. The van der Waals surface area contributed by atoms with Crippen LogP contribution in [0.3, 0.4) is 0 Å². The first-order valence-corrected chi connectivity index (χ1v) is 11.0. The number of carbonyl (C=O) groups is 1. The zero-order valence-corrected chi connectivity index (χ0v) is 16.7. The third kappa shape index (κ3) is 3.19. The summed E-state index contributed by atoms with van der Waals surface area (Å²) in [6, 6.07) is 18.0. The van der Waals surface area contributed by atoms with Gasteiger partial charge in [0.2, 0.25) is 5.91 Å².